The zero-order valence-electron chi connectivity index (χ0n) is 21.3. The van der Waals surface area contributed by atoms with Crippen LogP contribution < -0.4 is 14.8 Å². The van der Waals surface area contributed by atoms with Crippen molar-refractivity contribution in [1.82, 2.24) is 25.1 Å². The molecule has 4 aromatic rings. The first-order valence-corrected chi connectivity index (χ1v) is 13.6. The van der Waals surface area contributed by atoms with Crippen LogP contribution in [0.3, 0.4) is 0 Å². The fraction of sp³-hybridized carbons (Fsp3) is 0.321. The van der Waals surface area contributed by atoms with Crippen LogP contribution in [0.2, 0.25) is 0 Å². The molecule has 1 fully saturated rings. The van der Waals surface area contributed by atoms with E-state index < -0.39 is 0 Å². The van der Waals surface area contributed by atoms with Crippen molar-refractivity contribution in [2.24, 2.45) is 0 Å². The number of nitrogens with one attached hydrogen (secondary N) is 1. The van der Waals surface area contributed by atoms with Crippen LogP contribution in [0.4, 0.5) is 5.82 Å². The number of ether oxygens (including phenoxy) is 2. The van der Waals surface area contributed by atoms with Crippen LogP contribution in [0.15, 0.2) is 48.7 Å². The summed E-state index contributed by atoms with van der Waals surface area (Å²) >= 11 is 1.61. The van der Waals surface area contributed by atoms with Gasteiger partial charge in [-0.15, -0.1) is 10.2 Å². The van der Waals surface area contributed by atoms with E-state index in [1.54, 1.807) is 17.5 Å². The van der Waals surface area contributed by atoms with Crippen LogP contribution in [0, 0.1) is 0 Å². The van der Waals surface area contributed by atoms with Crippen molar-refractivity contribution in [1.29, 1.82) is 0 Å². The Kier molecular flexibility index (Phi) is 6.63. The van der Waals surface area contributed by atoms with E-state index in [1.165, 1.54) is 0 Å². The Hall–Kier alpha value is -4.05. The van der Waals surface area contributed by atoms with Crippen molar-refractivity contribution in [3.05, 3.63) is 59.2 Å². The van der Waals surface area contributed by atoms with Gasteiger partial charge in [0.1, 0.15) is 28.1 Å². The third-order valence-corrected chi connectivity index (χ3v) is 7.80. The highest BCUT2D eigenvalue weighted by molar-refractivity contribution is 7.14. The normalized spacial score (nSPS) is 14.8. The Labute approximate surface area is 224 Å². The van der Waals surface area contributed by atoms with Gasteiger partial charge in [-0.05, 0) is 36.8 Å². The molecule has 0 saturated carbocycles. The SMILES string of the molecule is CC(C)c1nnc(-c2ccc(Oc3cc(-c4cnc5c(n4)NCCO5)ccc3CN3CCCC3=O)cc2)s1. The molecule has 194 valence electrons. The number of likely N-dealkylation sites (tertiary alicyclic amines) is 1. The molecule has 9 nitrogen and oxygen atoms in total. The van der Waals surface area contributed by atoms with Crippen molar-refractivity contribution in [2.45, 2.75) is 39.2 Å². The molecule has 10 heteroatoms. The molecule has 0 atom stereocenters. The lowest BCUT2D eigenvalue weighted by Gasteiger charge is -2.20. The predicted octanol–water partition coefficient (Wildman–Crippen LogP) is 5.50. The number of aromatic nitrogens is 4. The van der Waals surface area contributed by atoms with Gasteiger partial charge in [0.2, 0.25) is 5.91 Å². The van der Waals surface area contributed by atoms with E-state index in [0.29, 0.717) is 60.9 Å². The second-order valence-corrected chi connectivity index (χ2v) is 10.7. The molecule has 2 aliphatic heterocycles. The standard InChI is InChI=1S/C28H28N6O3S/c1-17(2)27-32-33-28(38-27)18-7-9-21(10-8-18)37-23-14-19(5-6-20(23)16-34-12-3-4-24(34)35)22-15-30-26-25(31-22)29-11-13-36-26/h5-10,14-15,17H,3-4,11-13,16H2,1-2H3,(H,29,31). The molecule has 4 heterocycles. The summed E-state index contributed by atoms with van der Waals surface area (Å²) in [6.07, 6.45) is 3.19. The summed E-state index contributed by atoms with van der Waals surface area (Å²) < 4.78 is 12.0. The molecule has 0 radical (unpaired) electrons. The number of carbonyl (C=O) groups excluding carboxylic acids is 1. The van der Waals surface area contributed by atoms with Crippen molar-refractivity contribution in [3.63, 3.8) is 0 Å². The lowest BCUT2D eigenvalue weighted by atomic mass is 10.1. The summed E-state index contributed by atoms with van der Waals surface area (Å²) in [5.74, 6) is 3.04. The highest BCUT2D eigenvalue weighted by Crippen LogP contribution is 2.35. The van der Waals surface area contributed by atoms with Gasteiger partial charge in [0, 0.05) is 42.1 Å². The van der Waals surface area contributed by atoms with Crippen LogP contribution in [-0.4, -0.2) is 50.7 Å². The molecular formula is C28H28N6O3S. The topological polar surface area (TPSA) is 102 Å². The van der Waals surface area contributed by atoms with Crippen LogP contribution in [0.25, 0.3) is 21.8 Å². The quantitative estimate of drug-likeness (QED) is 0.335. The van der Waals surface area contributed by atoms with Gasteiger partial charge < -0.3 is 19.7 Å². The fourth-order valence-corrected chi connectivity index (χ4v) is 5.30. The summed E-state index contributed by atoms with van der Waals surface area (Å²) in [5, 5.41) is 13.8. The number of amides is 1. The lowest BCUT2D eigenvalue weighted by Crippen LogP contribution is -2.24. The van der Waals surface area contributed by atoms with E-state index in [9.17, 15) is 4.79 Å². The van der Waals surface area contributed by atoms with E-state index in [2.05, 4.69) is 34.3 Å². The van der Waals surface area contributed by atoms with E-state index in [4.69, 9.17) is 14.5 Å². The summed E-state index contributed by atoms with van der Waals surface area (Å²) in [5.41, 5.74) is 3.51. The van der Waals surface area contributed by atoms with Gasteiger partial charge in [0.25, 0.3) is 5.88 Å². The Morgan fingerprint density at radius 1 is 1.13 bits per heavy atom. The number of carbonyl (C=O) groups is 1. The average Bonchev–Trinajstić information content (AvgIpc) is 3.59. The predicted molar refractivity (Wildman–Crippen MR) is 146 cm³/mol. The summed E-state index contributed by atoms with van der Waals surface area (Å²) in [6, 6.07) is 13.8. The number of hydrogen-bond acceptors (Lipinski definition) is 9. The zero-order chi connectivity index (χ0) is 26.1. The minimum atomic E-state index is 0.175. The number of hydrogen-bond donors (Lipinski definition) is 1. The van der Waals surface area contributed by atoms with Gasteiger partial charge in [-0.25, -0.2) is 9.97 Å². The van der Waals surface area contributed by atoms with Crippen molar-refractivity contribution in [3.8, 4) is 39.2 Å². The Morgan fingerprint density at radius 3 is 2.74 bits per heavy atom. The molecule has 1 N–H and O–H groups in total. The first kappa shape index (κ1) is 24.3. The average molecular weight is 529 g/mol. The molecule has 0 aliphatic carbocycles. The highest BCUT2D eigenvalue weighted by Gasteiger charge is 2.22. The van der Waals surface area contributed by atoms with Gasteiger partial charge in [-0.3, -0.25) is 4.79 Å². The Bertz CT molecular complexity index is 1470. The number of fused-ring (bicyclic) bond motifs is 1. The van der Waals surface area contributed by atoms with Crippen molar-refractivity contribution < 1.29 is 14.3 Å². The van der Waals surface area contributed by atoms with Crippen molar-refractivity contribution >= 4 is 23.1 Å². The van der Waals surface area contributed by atoms with Crippen LogP contribution in [-0.2, 0) is 11.3 Å². The third-order valence-electron chi connectivity index (χ3n) is 6.53. The van der Waals surface area contributed by atoms with Gasteiger partial charge in [-0.2, -0.15) is 0 Å². The van der Waals surface area contributed by atoms with E-state index >= 15 is 0 Å². The maximum atomic E-state index is 12.3. The van der Waals surface area contributed by atoms with Gasteiger partial charge >= 0.3 is 0 Å². The van der Waals surface area contributed by atoms with E-state index in [0.717, 1.165) is 39.7 Å². The maximum Gasteiger partial charge on any atom is 0.257 e. The fourth-order valence-electron chi connectivity index (χ4n) is 4.45. The largest absolute Gasteiger partial charge is 0.473 e. The van der Waals surface area contributed by atoms with Gasteiger partial charge in [0.05, 0.1) is 18.4 Å². The zero-order valence-corrected chi connectivity index (χ0v) is 22.1. The van der Waals surface area contributed by atoms with Crippen LogP contribution in [0.5, 0.6) is 17.4 Å². The molecular weight excluding hydrogens is 500 g/mol. The molecule has 0 bridgehead atoms. The summed E-state index contributed by atoms with van der Waals surface area (Å²) in [7, 11) is 0. The number of benzene rings is 2. The van der Waals surface area contributed by atoms with Gasteiger partial charge in [0.15, 0.2) is 5.82 Å². The first-order chi connectivity index (χ1) is 18.5. The molecule has 2 aromatic heterocycles. The molecule has 0 unspecified atom stereocenters. The summed E-state index contributed by atoms with van der Waals surface area (Å²) in [4.78, 5) is 23.3. The molecule has 1 amide bonds. The van der Waals surface area contributed by atoms with Crippen molar-refractivity contribution in [2.75, 3.05) is 25.0 Å². The Balaban J connectivity index is 1.30. The molecule has 0 spiro atoms. The van der Waals surface area contributed by atoms with E-state index in [-0.39, 0.29) is 5.91 Å². The monoisotopic (exact) mass is 528 g/mol. The molecule has 6 rings (SSSR count). The number of nitrogens with zero attached hydrogens (tertiary/aromatic N) is 5. The van der Waals surface area contributed by atoms with Crippen LogP contribution in [0.1, 0.15) is 43.2 Å². The highest BCUT2D eigenvalue weighted by atomic mass is 32.1. The minimum absolute atomic E-state index is 0.175. The maximum absolute atomic E-state index is 12.3. The first-order valence-electron chi connectivity index (χ1n) is 12.8. The molecule has 2 aromatic carbocycles. The third kappa shape index (κ3) is 5.04. The smallest absolute Gasteiger partial charge is 0.257 e. The second-order valence-electron chi connectivity index (χ2n) is 9.65. The molecule has 38 heavy (non-hydrogen) atoms. The van der Waals surface area contributed by atoms with Crippen LogP contribution >= 0.6 is 11.3 Å². The van der Waals surface area contributed by atoms with E-state index in [1.807, 2.05) is 47.4 Å². The molecule has 1 saturated heterocycles. The number of rotatable bonds is 7. The summed E-state index contributed by atoms with van der Waals surface area (Å²) in [6.45, 7) is 6.75. The number of anilines is 1. The minimum Gasteiger partial charge on any atom is -0.473 e. The molecule has 2 aliphatic rings. The second kappa shape index (κ2) is 10.4. The Morgan fingerprint density at radius 2 is 1.97 bits per heavy atom. The van der Waals surface area contributed by atoms with Gasteiger partial charge in [-0.1, -0.05) is 37.3 Å². The lowest BCUT2D eigenvalue weighted by molar-refractivity contribution is -0.128.